The van der Waals surface area contributed by atoms with E-state index in [0.717, 1.165) is 6.42 Å². The lowest BCUT2D eigenvalue weighted by Crippen LogP contribution is -2.62. The zero-order chi connectivity index (χ0) is 27.8. The van der Waals surface area contributed by atoms with Gasteiger partial charge in [0.1, 0.15) is 11.7 Å². The summed E-state index contributed by atoms with van der Waals surface area (Å²) in [6.07, 6.45) is 3.67. The Bertz CT molecular complexity index is 982. The molecule has 1 N–H and O–H groups in total. The second-order valence-electron chi connectivity index (χ2n) is 16.5. The van der Waals surface area contributed by atoms with E-state index < -0.39 is 33.4 Å². The van der Waals surface area contributed by atoms with Gasteiger partial charge in [-0.2, -0.15) is 0 Å². The van der Waals surface area contributed by atoms with Gasteiger partial charge in [0.2, 0.25) is 0 Å². The molecule has 0 aromatic heterocycles. The molecule has 5 aliphatic rings. The van der Waals surface area contributed by atoms with E-state index in [0.29, 0.717) is 24.2 Å². The summed E-state index contributed by atoms with van der Waals surface area (Å²) in [4.78, 5) is 0. The van der Waals surface area contributed by atoms with E-state index >= 15 is 0 Å². The van der Waals surface area contributed by atoms with Crippen LogP contribution >= 0.6 is 9.03 Å². The maximum atomic E-state index is 11.6. The van der Waals surface area contributed by atoms with Crippen LogP contribution in [0.1, 0.15) is 68.2 Å². The molecule has 0 radical (unpaired) electrons. The van der Waals surface area contributed by atoms with E-state index in [1.54, 1.807) is 0 Å². The molecule has 4 fully saturated rings. The lowest BCUT2D eigenvalue weighted by Gasteiger charge is -2.56. The summed E-state index contributed by atoms with van der Waals surface area (Å²) in [6, 6.07) is 0. The van der Waals surface area contributed by atoms with Gasteiger partial charge in [0.15, 0.2) is 25.7 Å². The van der Waals surface area contributed by atoms with Crippen molar-refractivity contribution in [2.45, 2.75) is 135 Å². The average Bonchev–Trinajstić information content (AvgIpc) is 3.00. The molecule has 1 aliphatic heterocycles. The Morgan fingerprint density at radius 1 is 1.05 bits per heavy atom. The molecule has 1 heterocycles. The highest BCUT2D eigenvalue weighted by molar-refractivity contribution is 7.26. The lowest BCUT2D eigenvalue weighted by molar-refractivity contribution is -0.104. The Labute approximate surface area is 230 Å². The average molecular weight is 569 g/mol. The zero-order valence-electron chi connectivity index (χ0n) is 25.6. The molecule has 3 unspecified atom stereocenters. The largest absolute Gasteiger partial charge is 0.413 e. The van der Waals surface area contributed by atoms with Crippen LogP contribution in [0.4, 0.5) is 0 Å². The standard InChI is InChI=1S/C29H53O5PSi2/c1-17-14-19-21(26(19,6)7)22-23(32-37(12,13)25(3,4)5)18(2)24-28(33-35-31-24)16-27(8,30)15-20(28)29(17,22)34-36(9,10)11/h15,17-19,21-24,30,35H,14,16H2,1-13H3/t17-,18+,19?,21+,22-,23-,24?,27-,28+,29+/m1/s1. The molecule has 0 aromatic carbocycles. The predicted molar refractivity (Wildman–Crippen MR) is 157 cm³/mol. The van der Waals surface area contributed by atoms with Crippen LogP contribution in [0.5, 0.6) is 0 Å². The van der Waals surface area contributed by atoms with Crippen LogP contribution in [0, 0.1) is 35.0 Å². The topological polar surface area (TPSA) is 57.2 Å². The first-order valence-electron chi connectivity index (χ1n) is 14.5. The minimum Gasteiger partial charge on any atom is -0.413 e. The van der Waals surface area contributed by atoms with E-state index in [1.807, 2.05) is 6.92 Å². The molecule has 8 heteroatoms. The van der Waals surface area contributed by atoms with Gasteiger partial charge in [-0.3, -0.25) is 0 Å². The summed E-state index contributed by atoms with van der Waals surface area (Å²) in [5, 5.41) is 11.7. The van der Waals surface area contributed by atoms with Gasteiger partial charge in [-0.1, -0.05) is 48.5 Å². The number of hydrogen-bond donors (Lipinski definition) is 1. The summed E-state index contributed by atoms with van der Waals surface area (Å²) in [5.74, 6) is 1.81. The Morgan fingerprint density at radius 2 is 1.68 bits per heavy atom. The van der Waals surface area contributed by atoms with Crippen LogP contribution in [-0.4, -0.2) is 50.8 Å². The third-order valence-corrected chi connectivity index (χ3v) is 17.5. The SMILES string of the molecule is C[C@@H]1C2OPO[C@]23C[C@](C)(O)C=C3[C@]2(O[Si](C)(C)C)[C@@H]([C@@H]1O[Si](C)(C)C(C)(C)C)[C@@H]1C(C[C@H]2C)C1(C)C. The smallest absolute Gasteiger partial charge is 0.192 e. The highest BCUT2D eigenvalue weighted by Crippen LogP contribution is 2.76. The predicted octanol–water partition coefficient (Wildman–Crippen LogP) is 7.29. The normalized spacial score (nSPS) is 49.6. The van der Waals surface area contributed by atoms with Crippen LogP contribution in [0.15, 0.2) is 11.6 Å². The highest BCUT2D eigenvalue weighted by Gasteiger charge is 2.78. The summed E-state index contributed by atoms with van der Waals surface area (Å²) < 4.78 is 28.4. The Balaban J connectivity index is 1.80. The van der Waals surface area contributed by atoms with Crippen molar-refractivity contribution >= 4 is 25.7 Å². The van der Waals surface area contributed by atoms with Gasteiger partial charge >= 0.3 is 0 Å². The molecule has 5 nitrogen and oxygen atoms in total. The van der Waals surface area contributed by atoms with Gasteiger partial charge in [0.05, 0.1) is 17.3 Å². The second-order valence-corrected chi connectivity index (χ2v) is 26.3. The van der Waals surface area contributed by atoms with Crippen LogP contribution < -0.4 is 0 Å². The van der Waals surface area contributed by atoms with Gasteiger partial charge in [-0.05, 0) is 85.9 Å². The molecule has 212 valence electrons. The van der Waals surface area contributed by atoms with Gasteiger partial charge in [-0.25, -0.2) is 0 Å². The molecule has 5 rings (SSSR count). The third kappa shape index (κ3) is 4.11. The van der Waals surface area contributed by atoms with Crippen molar-refractivity contribution < 1.29 is 23.0 Å². The Kier molecular flexibility index (Phi) is 6.44. The fourth-order valence-electron chi connectivity index (χ4n) is 8.66. The Hall–Kier alpha value is 0.404. The van der Waals surface area contributed by atoms with Crippen molar-refractivity contribution in [3.63, 3.8) is 0 Å². The van der Waals surface area contributed by atoms with Crippen LogP contribution in [0.25, 0.3) is 0 Å². The number of rotatable bonds is 4. The highest BCUT2D eigenvalue weighted by atomic mass is 31.1. The fourth-order valence-corrected chi connectivity index (χ4v) is 12.5. The monoisotopic (exact) mass is 568 g/mol. The van der Waals surface area contributed by atoms with Gasteiger partial charge < -0.3 is 23.0 Å². The first-order chi connectivity index (χ1) is 16.6. The number of hydrogen-bond acceptors (Lipinski definition) is 5. The van der Waals surface area contributed by atoms with Crippen LogP contribution in [0.3, 0.4) is 0 Å². The first-order valence-corrected chi connectivity index (χ1v) is 21.7. The minimum atomic E-state index is -2.12. The first kappa shape index (κ1) is 28.9. The van der Waals surface area contributed by atoms with Gasteiger partial charge in [-0.15, -0.1) is 0 Å². The molecule has 37 heavy (non-hydrogen) atoms. The van der Waals surface area contributed by atoms with E-state index in [-0.39, 0.29) is 43.5 Å². The van der Waals surface area contributed by atoms with Gasteiger partial charge in [0, 0.05) is 18.3 Å². The molecule has 0 aromatic rings. The maximum Gasteiger partial charge on any atom is 0.192 e. The van der Waals surface area contributed by atoms with E-state index in [2.05, 4.69) is 87.3 Å². The third-order valence-electron chi connectivity index (χ3n) is 11.2. The quantitative estimate of drug-likeness (QED) is 0.219. The molecule has 4 aliphatic carbocycles. The molecular formula is C29H53O5PSi2. The van der Waals surface area contributed by atoms with Crippen LogP contribution in [-0.2, 0) is 17.9 Å². The van der Waals surface area contributed by atoms with Crippen molar-refractivity contribution in [3.05, 3.63) is 11.6 Å². The van der Waals surface area contributed by atoms with Crippen molar-refractivity contribution in [2.75, 3.05) is 0 Å². The van der Waals surface area contributed by atoms with Crippen molar-refractivity contribution in [3.8, 4) is 0 Å². The molecule has 1 spiro atoms. The molecule has 3 saturated carbocycles. The summed E-state index contributed by atoms with van der Waals surface area (Å²) >= 11 is 0. The Morgan fingerprint density at radius 3 is 2.24 bits per heavy atom. The van der Waals surface area contributed by atoms with Gasteiger partial charge in [0.25, 0.3) is 0 Å². The van der Waals surface area contributed by atoms with Crippen molar-refractivity contribution in [1.29, 1.82) is 0 Å². The summed E-state index contributed by atoms with van der Waals surface area (Å²) in [6.45, 7) is 30.4. The molecule has 1 saturated heterocycles. The zero-order valence-corrected chi connectivity index (χ0v) is 28.6. The molecule has 11 atom stereocenters. The van der Waals surface area contributed by atoms with E-state index in [9.17, 15) is 5.11 Å². The number of fused-ring (bicyclic) bond motifs is 4. The fraction of sp³-hybridized carbons (Fsp3) is 0.931. The summed E-state index contributed by atoms with van der Waals surface area (Å²) in [7, 11) is -4.19. The molecular weight excluding hydrogens is 515 g/mol. The second kappa shape index (κ2) is 8.24. The van der Waals surface area contributed by atoms with Crippen LogP contribution in [0.2, 0.25) is 37.8 Å². The molecule has 0 amide bonds. The minimum absolute atomic E-state index is 0.0130. The summed E-state index contributed by atoms with van der Waals surface area (Å²) in [5.41, 5.74) is -0.724. The number of aliphatic hydroxyl groups is 1. The van der Waals surface area contributed by atoms with Crippen molar-refractivity contribution in [1.82, 2.24) is 0 Å². The lowest BCUT2D eigenvalue weighted by atomic mass is 9.62. The van der Waals surface area contributed by atoms with E-state index in [4.69, 9.17) is 17.9 Å². The van der Waals surface area contributed by atoms with E-state index in [1.165, 1.54) is 5.57 Å². The molecule has 0 bridgehead atoms. The maximum absolute atomic E-state index is 11.6. The van der Waals surface area contributed by atoms with Crippen molar-refractivity contribution in [2.24, 2.45) is 35.0 Å².